The highest BCUT2D eigenvalue weighted by atomic mass is 32.1. The molecule has 14 aromatic rings. The number of nitrogens with zero attached hydrogens (tertiary/aromatic N) is 3. The average molecular weight is 921 g/mol. The van der Waals surface area contributed by atoms with Crippen LogP contribution in [0, 0.1) is 0 Å². The molecule has 68 heavy (non-hydrogen) atoms. The van der Waals surface area contributed by atoms with E-state index in [9.17, 15) is 0 Å². The van der Waals surface area contributed by atoms with Gasteiger partial charge in [0.15, 0.2) is 5.84 Å². The lowest BCUT2D eigenvalue weighted by atomic mass is 9.94. The number of thiophene rings is 3. The van der Waals surface area contributed by atoms with Crippen molar-refractivity contribution in [3.63, 3.8) is 0 Å². The molecule has 0 spiro atoms. The number of rotatable bonds is 5. The molecule has 1 N–H and O–H groups in total. The van der Waals surface area contributed by atoms with Gasteiger partial charge in [0, 0.05) is 99.2 Å². The Labute approximate surface area is 402 Å². The van der Waals surface area contributed by atoms with Gasteiger partial charge in [-0.05, 0) is 77.0 Å². The van der Waals surface area contributed by atoms with E-state index in [-0.39, 0.29) is 0 Å². The van der Waals surface area contributed by atoms with Gasteiger partial charge in [-0.15, -0.1) is 34.0 Å². The first-order chi connectivity index (χ1) is 33.7. The van der Waals surface area contributed by atoms with E-state index in [2.05, 4.69) is 216 Å². The van der Waals surface area contributed by atoms with Crippen LogP contribution in [0.15, 0.2) is 216 Å². The van der Waals surface area contributed by atoms with Gasteiger partial charge in [0.05, 0.1) is 11.0 Å². The Morgan fingerprint density at radius 2 is 0.971 bits per heavy atom. The van der Waals surface area contributed by atoms with E-state index in [0.717, 1.165) is 39.6 Å². The van der Waals surface area contributed by atoms with Gasteiger partial charge in [0.2, 0.25) is 0 Å². The van der Waals surface area contributed by atoms with Gasteiger partial charge >= 0.3 is 0 Å². The van der Waals surface area contributed by atoms with Crippen molar-refractivity contribution in [1.82, 2.24) is 9.88 Å². The minimum Gasteiger partial charge on any atom is -0.344 e. The van der Waals surface area contributed by atoms with Crippen LogP contribution in [0.1, 0.15) is 22.9 Å². The predicted molar refractivity (Wildman–Crippen MR) is 294 cm³/mol. The summed E-state index contributed by atoms with van der Waals surface area (Å²) in [5.74, 6) is 1.54. The summed E-state index contributed by atoms with van der Waals surface area (Å²) in [7, 11) is 0. The molecule has 4 nitrogen and oxygen atoms in total. The van der Waals surface area contributed by atoms with Gasteiger partial charge in [-0.25, -0.2) is 9.98 Å². The highest BCUT2D eigenvalue weighted by Crippen LogP contribution is 2.45. The lowest BCUT2D eigenvalue weighted by molar-refractivity contribution is 0.676. The number of hydrogen-bond donors (Lipinski definition) is 1. The molecule has 0 saturated carbocycles. The molecule has 1 unspecified atom stereocenters. The lowest BCUT2D eigenvalue weighted by Crippen LogP contribution is -2.34. The van der Waals surface area contributed by atoms with Gasteiger partial charge < -0.3 is 9.88 Å². The SMILES string of the molecule is c1ccc2cc3c(cc2c1)c1ccccc1n3-c1ccc(C2N=C(c3cccc4c3sc3ccccc34)N=C(c3cccc4sc5ccccc5c34)N2)c(-c2cccc3c2sc2ccccc23)c1. The molecule has 0 bridgehead atoms. The number of fused-ring (bicyclic) bond motifs is 13. The summed E-state index contributed by atoms with van der Waals surface area (Å²) in [5.41, 5.74) is 8.97. The van der Waals surface area contributed by atoms with Crippen LogP contribution >= 0.6 is 34.0 Å². The van der Waals surface area contributed by atoms with Crippen LogP contribution < -0.4 is 5.32 Å². The summed E-state index contributed by atoms with van der Waals surface area (Å²) in [6.45, 7) is 0. The Kier molecular flexibility index (Phi) is 8.30. The fourth-order valence-electron chi connectivity index (χ4n) is 10.8. The molecule has 10 aromatic carbocycles. The van der Waals surface area contributed by atoms with E-state index in [1.165, 1.54) is 98.7 Å². The summed E-state index contributed by atoms with van der Waals surface area (Å²) < 4.78 is 9.95. The van der Waals surface area contributed by atoms with Crippen LogP contribution in [-0.4, -0.2) is 16.2 Å². The van der Waals surface area contributed by atoms with Gasteiger partial charge in [-0.2, -0.15) is 0 Å². The first kappa shape index (κ1) is 38.2. The van der Waals surface area contributed by atoms with Crippen molar-refractivity contribution < 1.29 is 0 Å². The number of aromatic nitrogens is 1. The van der Waals surface area contributed by atoms with Crippen molar-refractivity contribution in [3.8, 4) is 16.8 Å². The van der Waals surface area contributed by atoms with E-state index < -0.39 is 6.17 Å². The van der Waals surface area contributed by atoms with Crippen LogP contribution in [-0.2, 0) is 0 Å². The van der Waals surface area contributed by atoms with Crippen LogP contribution in [0.5, 0.6) is 0 Å². The number of hydrogen-bond acceptors (Lipinski definition) is 6. The maximum atomic E-state index is 5.71. The zero-order chi connectivity index (χ0) is 44.5. The molecule has 0 radical (unpaired) electrons. The second-order valence-corrected chi connectivity index (χ2v) is 20.8. The van der Waals surface area contributed by atoms with Crippen LogP contribution in [0.2, 0.25) is 0 Å². The average Bonchev–Trinajstić information content (AvgIpc) is 4.17. The second kappa shape index (κ2) is 14.8. The molecular formula is C61H36N4S3. The topological polar surface area (TPSA) is 41.7 Å². The van der Waals surface area contributed by atoms with E-state index in [1.807, 2.05) is 34.0 Å². The van der Waals surface area contributed by atoms with E-state index in [0.29, 0.717) is 0 Å². The van der Waals surface area contributed by atoms with E-state index in [4.69, 9.17) is 9.98 Å². The van der Waals surface area contributed by atoms with Gasteiger partial charge in [0.25, 0.3) is 0 Å². The third kappa shape index (κ3) is 5.70. The molecule has 7 heteroatoms. The van der Waals surface area contributed by atoms with Crippen LogP contribution in [0.3, 0.4) is 0 Å². The molecule has 1 aliphatic heterocycles. The van der Waals surface area contributed by atoms with E-state index >= 15 is 0 Å². The number of benzene rings is 10. The zero-order valence-electron chi connectivity index (χ0n) is 36.3. The zero-order valence-corrected chi connectivity index (χ0v) is 38.7. The fraction of sp³-hybridized carbons (Fsp3) is 0.0164. The summed E-state index contributed by atoms with van der Waals surface area (Å²) in [6, 6.07) is 75.5. The minimum absolute atomic E-state index is 0.474. The summed E-state index contributed by atoms with van der Waals surface area (Å²) >= 11 is 5.51. The Morgan fingerprint density at radius 1 is 0.397 bits per heavy atom. The van der Waals surface area contributed by atoms with Crippen molar-refractivity contribution in [2.45, 2.75) is 6.17 Å². The second-order valence-electron chi connectivity index (χ2n) is 17.6. The molecule has 5 heterocycles. The van der Waals surface area contributed by atoms with Crippen molar-refractivity contribution >= 4 is 139 Å². The molecule has 318 valence electrons. The molecular weight excluding hydrogens is 885 g/mol. The monoisotopic (exact) mass is 920 g/mol. The van der Waals surface area contributed by atoms with E-state index in [1.54, 1.807) is 0 Å². The van der Waals surface area contributed by atoms with Gasteiger partial charge in [0.1, 0.15) is 12.0 Å². The summed E-state index contributed by atoms with van der Waals surface area (Å²) in [5, 5.41) is 16.4. The predicted octanol–water partition coefficient (Wildman–Crippen LogP) is 17.2. The third-order valence-corrected chi connectivity index (χ3v) is 17.4. The molecule has 0 aliphatic carbocycles. The molecule has 15 rings (SSSR count). The van der Waals surface area contributed by atoms with Crippen LogP contribution in [0.25, 0.3) is 110 Å². The first-order valence-electron chi connectivity index (χ1n) is 22.9. The molecule has 0 saturated heterocycles. The molecule has 4 aromatic heterocycles. The summed E-state index contributed by atoms with van der Waals surface area (Å²) in [4.78, 5) is 11.3. The third-order valence-electron chi connectivity index (χ3n) is 13.9. The highest BCUT2D eigenvalue weighted by Gasteiger charge is 2.28. The molecule has 1 atom stereocenters. The standard InChI is InChI=1S/C61H36N4S3/c1-2-15-36-33-51-49(32-35(36)14-1)38-16-3-7-25-50(38)65(51)37-30-31-44(48(34-37)43-22-11-20-41-39-17-4-8-26-52(39)67-57(41)43)59-62-60(46-23-13-29-55-56(46)45-19-6-10-28-54(45)66-55)64-61(63-59)47-24-12-21-42-40-18-5-9-27-53(40)68-58(42)47/h1-34,59H,(H,62,63,64). The molecule has 0 fully saturated rings. The van der Waals surface area contributed by atoms with Gasteiger partial charge in [-0.3, -0.25) is 0 Å². The smallest absolute Gasteiger partial charge is 0.160 e. The minimum atomic E-state index is -0.474. The van der Waals surface area contributed by atoms with Crippen molar-refractivity contribution in [2.24, 2.45) is 9.98 Å². The molecule has 0 amide bonds. The summed E-state index contributed by atoms with van der Waals surface area (Å²) in [6.07, 6.45) is -0.474. The molecule has 1 aliphatic rings. The normalized spacial score (nSPS) is 14.3. The Balaban J connectivity index is 1.01. The van der Waals surface area contributed by atoms with Gasteiger partial charge in [-0.1, -0.05) is 146 Å². The largest absolute Gasteiger partial charge is 0.344 e. The number of nitrogens with one attached hydrogen (secondary N) is 1. The first-order valence-corrected chi connectivity index (χ1v) is 25.4. The fourth-order valence-corrected chi connectivity index (χ4v) is 14.4. The number of aliphatic imine (C=N–C) groups is 2. The Hall–Kier alpha value is -7.94. The quantitative estimate of drug-likeness (QED) is 0.184. The maximum absolute atomic E-state index is 5.71. The van der Waals surface area contributed by atoms with Crippen molar-refractivity contribution in [3.05, 3.63) is 223 Å². The maximum Gasteiger partial charge on any atom is 0.160 e. The van der Waals surface area contributed by atoms with Crippen molar-refractivity contribution in [2.75, 3.05) is 0 Å². The number of amidine groups is 2. The lowest BCUT2D eigenvalue weighted by Gasteiger charge is -2.26. The number of para-hydroxylation sites is 1. The Bertz CT molecular complexity index is 4500. The Morgan fingerprint density at radius 3 is 1.74 bits per heavy atom. The highest BCUT2D eigenvalue weighted by molar-refractivity contribution is 7.27. The van der Waals surface area contributed by atoms with Crippen molar-refractivity contribution in [1.29, 1.82) is 0 Å². The van der Waals surface area contributed by atoms with Crippen LogP contribution in [0.4, 0.5) is 0 Å².